The van der Waals surface area contributed by atoms with Gasteiger partial charge in [0.25, 0.3) is 5.91 Å². The van der Waals surface area contributed by atoms with E-state index in [1.54, 1.807) is 30.3 Å². The quantitative estimate of drug-likeness (QED) is 0.744. The van der Waals surface area contributed by atoms with Crippen molar-refractivity contribution in [1.82, 2.24) is 5.32 Å². The predicted molar refractivity (Wildman–Crippen MR) is 94.6 cm³/mol. The van der Waals surface area contributed by atoms with E-state index in [2.05, 4.69) is 5.32 Å². The van der Waals surface area contributed by atoms with Gasteiger partial charge in [0.2, 0.25) is 0 Å². The Balaban J connectivity index is 1.48. The Morgan fingerprint density at radius 3 is 2.33 bits per heavy atom. The molecule has 1 amide bonds. The van der Waals surface area contributed by atoms with Crippen molar-refractivity contribution in [1.29, 1.82) is 0 Å². The molecule has 2 aromatic carbocycles. The van der Waals surface area contributed by atoms with Crippen LogP contribution >= 0.6 is 0 Å². The average Bonchev–Trinajstić information content (AvgIpc) is 2.72. The zero-order chi connectivity index (χ0) is 18.8. The number of hydrogen-bond acceptors (Lipinski definition) is 6. The fourth-order valence-corrected chi connectivity index (χ4v) is 3.37. The van der Waals surface area contributed by atoms with Gasteiger partial charge in [-0.15, -0.1) is 0 Å². The number of amides is 1. The lowest BCUT2D eigenvalue weighted by molar-refractivity contribution is -0.337. The fraction of sp³-hybridized carbons (Fsp3) is 0.350. The Labute approximate surface area is 156 Å². The zero-order valence-corrected chi connectivity index (χ0v) is 14.5. The first-order valence-corrected chi connectivity index (χ1v) is 8.83. The highest BCUT2D eigenvalue weighted by Crippen LogP contribution is 2.33. The van der Waals surface area contributed by atoms with Crippen molar-refractivity contribution in [2.24, 2.45) is 0 Å². The second-order valence-corrected chi connectivity index (χ2v) is 6.60. The lowest BCUT2D eigenvalue weighted by Crippen LogP contribution is -2.66. The molecule has 2 aliphatic heterocycles. The normalized spacial score (nSPS) is 33.1. The van der Waals surface area contributed by atoms with Gasteiger partial charge in [-0.1, -0.05) is 48.5 Å². The van der Waals surface area contributed by atoms with Crippen molar-refractivity contribution in [3.63, 3.8) is 0 Å². The summed E-state index contributed by atoms with van der Waals surface area (Å²) in [6, 6.07) is 16.9. The Bertz CT molecular complexity index is 771. The third kappa shape index (κ3) is 3.73. The van der Waals surface area contributed by atoms with Crippen LogP contribution in [-0.4, -0.2) is 53.4 Å². The Kier molecular flexibility index (Phi) is 5.20. The average molecular weight is 371 g/mol. The molecule has 0 aliphatic carbocycles. The number of nitrogens with one attached hydrogen (secondary N) is 1. The highest BCUT2D eigenvalue weighted by Gasteiger charge is 2.49. The number of ether oxygens (including phenoxy) is 3. The highest BCUT2D eigenvalue weighted by molar-refractivity contribution is 5.94. The summed E-state index contributed by atoms with van der Waals surface area (Å²) in [5, 5.41) is 23.6. The molecular weight excluding hydrogens is 350 g/mol. The number of carbonyl (C=O) groups excluding carboxylic acids is 1. The third-order valence-corrected chi connectivity index (χ3v) is 4.79. The molecule has 4 rings (SSSR count). The monoisotopic (exact) mass is 371 g/mol. The summed E-state index contributed by atoms with van der Waals surface area (Å²) in [4.78, 5) is 12.4. The van der Waals surface area contributed by atoms with Gasteiger partial charge < -0.3 is 29.7 Å². The second-order valence-electron chi connectivity index (χ2n) is 6.60. The van der Waals surface area contributed by atoms with Crippen molar-refractivity contribution in [2.45, 2.75) is 36.9 Å². The van der Waals surface area contributed by atoms with Crippen LogP contribution in [0.15, 0.2) is 60.7 Å². The molecule has 0 saturated carbocycles. The topological polar surface area (TPSA) is 97.3 Å². The van der Waals surface area contributed by atoms with Crippen LogP contribution in [0.3, 0.4) is 0 Å². The van der Waals surface area contributed by atoms with E-state index in [0.29, 0.717) is 5.56 Å². The maximum atomic E-state index is 12.4. The molecule has 27 heavy (non-hydrogen) atoms. The molecule has 1 unspecified atom stereocenters. The van der Waals surface area contributed by atoms with Crippen LogP contribution in [0, 0.1) is 0 Å². The van der Waals surface area contributed by atoms with E-state index in [4.69, 9.17) is 14.2 Å². The maximum Gasteiger partial charge on any atom is 0.251 e. The minimum absolute atomic E-state index is 0.164. The summed E-state index contributed by atoms with van der Waals surface area (Å²) in [5.74, 6) is -0.410. The fourth-order valence-electron chi connectivity index (χ4n) is 3.37. The standard InChI is InChI=1S/C20H21NO6/c22-16-15(21-18(23)12-7-3-1-4-8-12)19(24)26-14-11-25-20(27-17(14)16)13-9-5-2-6-10-13/h1-10,14-17,19-20,22,24H,11H2,(H,21,23)/t14-,15-,16-,17-,19?,20-/m1/s1. The van der Waals surface area contributed by atoms with Gasteiger partial charge >= 0.3 is 0 Å². The molecule has 2 fully saturated rings. The van der Waals surface area contributed by atoms with E-state index in [1.807, 2.05) is 30.3 Å². The first kappa shape index (κ1) is 18.1. The summed E-state index contributed by atoms with van der Waals surface area (Å²) >= 11 is 0. The molecular formula is C20H21NO6. The molecule has 0 aromatic heterocycles. The SMILES string of the molecule is O=C(N[C@H]1C(O)O[C@@H]2CO[C@@H](c3ccccc3)O[C@H]2[C@@H]1O)c1ccccc1. The van der Waals surface area contributed by atoms with Crippen molar-refractivity contribution < 1.29 is 29.2 Å². The van der Waals surface area contributed by atoms with Crippen molar-refractivity contribution >= 4 is 5.91 Å². The molecule has 7 heteroatoms. The molecule has 0 spiro atoms. The van der Waals surface area contributed by atoms with Crippen LogP contribution in [-0.2, 0) is 14.2 Å². The Morgan fingerprint density at radius 2 is 1.63 bits per heavy atom. The molecule has 142 valence electrons. The summed E-state index contributed by atoms with van der Waals surface area (Å²) in [5.41, 5.74) is 1.24. The van der Waals surface area contributed by atoms with E-state index in [-0.39, 0.29) is 6.61 Å². The second kappa shape index (κ2) is 7.75. The number of aliphatic hydroxyl groups excluding tert-OH is 2. The largest absolute Gasteiger partial charge is 0.388 e. The van der Waals surface area contributed by atoms with Gasteiger partial charge in [0.05, 0.1) is 6.61 Å². The number of hydrogen-bond donors (Lipinski definition) is 3. The van der Waals surface area contributed by atoms with Crippen LogP contribution in [0.4, 0.5) is 0 Å². The van der Waals surface area contributed by atoms with Gasteiger partial charge in [-0.25, -0.2) is 0 Å². The van der Waals surface area contributed by atoms with E-state index >= 15 is 0 Å². The molecule has 2 aromatic rings. The summed E-state index contributed by atoms with van der Waals surface area (Å²) < 4.78 is 17.1. The van der Waals surface area contributed by atoms with Gasteiger partial charge in [-0.2, -0.15) is 0 Å². The van der Waals surface area contributed by atoms with E-state index in [0.717, 1.165) is 5.56 Å². The number of rotatable bonds is 3. The van der Waals surface area contributed by atoms with Crippen LogP contribution in [0.1, 0.15) is 22.2 Å². The van der Waals surface area contributed by atoms with Gasteiger partial charge in [-0.3, -0.25) is 4.79 Å². The van der Waals surface area contributed by atoms with E-state index < -0.39 is 42.8 Å². The lowest BCUT2D eigenvalue weighted by atomic mass is 9.95. The third-order valence-electron chi connectivity index (χ3n) is 4.79. The number of benzene rings is 2. The Morgan fingerprint density at radius 1 is 0.963 bits per heavy atom. The smallest absolute Gasteiger partial charge is 0.251 e. The molecule has 3 N–H and O–H groups in total. The van der Waals surface area contributed by atoms with Crippen LogP contribution in [0.25, 0.3) is 0 Å². The Hall–Kier alpha value is -2.29. The van der Waals surface area contributed by atoms with Crippen molar-refractivity contribution in [3.05, 3.63) is 71.8 Å². The van der Waals surface area contributed by atoms with E-state index in [1.165, 1.54) is 0 Å². The number of carbonyl (C=O) groups is 1. The van der Waals surface area contributed by atoms with Crippen LogP contribution in [0.2, 0.25) is 0 Å². The zero-order valence-electron chi connectivity index (χ0n) is 14.5. The number of fused-ring (bicyclic) bond motifs is 1. The number of aliphatic hydroxyl groups is 2. The van der Waals surface area contributed by atoms with Crippen LogP contribution < -0.4 is 5.32 Å². The van der Waals surface area contributed by atoms with E-state index in [9.17, 15) is 15.0 Å². The molecule has 2 saturated heterocycles. The molecule has 0 bridgehead atoms. The molecule has 2 aliphatic rings. The minimum atomic E-state index is -1.37. The maximum absolute atomic E-state index is 12.4. The van der Waals surface area contributed by atoms with Gasteiger partial charge in [0.1, 0.15) is 24.4 Å². The minimum Gasteiger partial charge on any atom is -0.388 e. The van der Waals surface area contributed by atoms with Crippen molar-refractivity contribution in [2.75, 3.05) is 6.61 Å². The van der Waals surface area contributed by atoms with Gasteiger partial charge in [0.15, 0.2) is 12.6 Å². The predicted octanol–water partition coefficient (Wildman–Crippen LogP) is 0.977. The van der Waals surface area contributed by atoms with Crippen LogP contribution in [0.5, 0.6) is 0 Å². The summed E-state index contributed by atoms with van der Waals surface area (Å²) in [6.07, 6.45) is -4.53. The highest BCUT2D eigenvalue weighted by atomic mass is 16.7. The molecule has 2 heterocycles. The van der Waals surface area contributed by atoms with Gasteiger partial charge in [0, 0.05) is 11.1 Å². The van der Waals surface area contributed by atoms with Gasteiger partial charge in [-0.05, 0) is 12.1 Å². The summed E-state index contributed by atoms with van der Waals surface area (Å²) in [7, 11) is 0. The first-order valence-electron chi connectivity index (χ1n) is 8.83. The molecule has 6 atom stereocenters. The first-order chi connectivity index (χ1) is 13.1. The summed E-state index contributed by atoms with van der Waals surface area (Å²) in [6.45, 7) is 0.164. The molecule has 0 radical (unpaired) electrons. The lowest BCUT2D eigenvalue weighted by Gasteiger charge is -2.46. The molecule has 7 nitrogen and oxygen atoms in total. The van der Waals surface area contributed by atoms with Crippen molar-refractivity contribution in [3.8, 4) is 0 Å².